The highest BCUT2D eigenvalue weighted by atomic mass is 31.2. The number of phosphoric acid groups is 1. The van der Waals surface area contributed by atoms with Gasteiger partial charge in [-0.3, -0.25) is 4.89 Å². The van der Waals surface area contributed by atoms with Crippen LogP contribution in [-0.2, 0) is 9.29 Å². The third kappa shape index (κ3) is 4.70. The van der Waals surface area contributed by atoms with Crippen molar-refractivity contribution in [2.75, 3.05) is 7.11 Å². The summed E-state index contributed by atoms with van der Waals surface area (Å²) in [5.74, 6) is 0.556. The Labute approximate surface area is 90.3 Å². The average Bonchev–Trinajstić information content (AvgIpc) is 2.32. The molecule has 1 rings (SSSR count). The van der Waals surface area contributed by atoms with Crippen LogP contribution in [0.15, 0.2) is 24.3 Å². The minimum absolute atomic E-state index is 0.00860. The summed E-state index contributed by atoms with van der Waals surface area (Å²) in [6.45, 7) is 0. The molecule has 0 aliphatic rings. The van der Waals surface area contributed by atoms with E-state index in [1.807, 2.05) is 0 Å². The van der Waals surface area contributed by atoms with E-state index in [2.05, 4.69) is 9.25 Å². The Morgan fingerprint density at radius 2 is 1.69 bits per heavy atom. The summed E-state index contributed by atoms with van der Waals surface area (Å²) >= 11 is 0. The monoisotopic (exact) mass is 250 g/mol. The normalized spacial score (nSPS) is 12.8. The fourth-order valence-electron chi connectivity index (χ4n) is 0.784. The van der Waals surface area contributed by atoms with E-state index in [4.69, 9.17) is 20.4 Å². The van der Waals surface area contributed by atoms with E-state index in [1.165, 1.54) is 31.4 Å². The van der Waals surface area contributed by atoms with Crippen LogP contribution in [0.1, 0.15) is 0 Å². The summed E-state index contributed by atoms with van der Waals surface area (Å²) in [5.41, 5.74) is 0. The van der Waals surface area contributed by atoms with Crippen LogP contribution in [0.3, 0.4) is 0 Å². The van der Waals surface area contributed by atoms with E-state index < -0.39 is 7.82 Å². The molecule has 9 heteroatoms. The second kappa shape index (κ2) is 6.74. The average molecular weight is 250 g/mol. The molecule has 0 heterocycles. The summed E-state index contributed by atoms with van der Waals surface area (Å²) in [4.78, 5) is 8.61. The van der Waals surface area contributed by atoms with Gasteiger partial charge < -0.3 is 9.26 Å². The van der Waals surface area contributed by atoms with Crippen LogP contribution >= 0.6 is 7.82 Å². The number of methoxy groups -OCH3 is 1. The first-order valence-corrected chi connectivity index (χ1v) is 5.24. The number of hydrogen-bond donors (Lipinski definition) is 1. The smallest absolute Gasteiger partial charge is 0.497 e. The van der Waals surface area contributed by atoms with Gasteiger partial charge in [-0.2, -0.15) is 0 Å². The molecule has 0 spiro atoms. The maximum Gasteiger partial charge on any atom is 0.559 e. The molecule has 7 nitrogen and oxygen atoms in total. The Bertz CT molecular complexity index is 382. The summed E-state index contributed by atoms with van der Waals surface area (Å²) in [7, 11) is -3.16. The van der Waals surface area contributed by atoms with Crippen LogP contribution in [0.4, 0.5) is 4.53 Å². The molecule has 0 saturated heterocycles. The Morgan fingerprint density at radius 1 is 1.25 bits per heavy atom. The lowest BCUT2D eigenvalue weighted by atomic mass is 10.3. The highest BCUT2D eigenvalue weighted by molar-refractivity contribution is 7.47. The molecule has 0 bridgehead atoms. The topological polar surface area (TPSA) is 113 Å². The van der Waals surface area contributed by atoms with E-state index in [9.17, 15) is 9.09 Å². The molecular formula is C7H8FN2O5P. The van der Waals surface area contributed by atoms with Crippen molar-refractivity contribution in [1.29, 1.82) is 10.8 Å². The second-order valence-corrected chi connectivity index (χ2v) is 3.56. The molecule has 0 fully saturated rings. The molecule has 1 aromatic carbocycles. The number of halogens is 1. The van der Waals surface area contributed by atoms with Crippen molar-refractivity contribution in [3.8, 4) is 11.5 Å². The summed E-state index contributed by atoms with van der Waals surface area (Å²) < 4.78 is 33.9. The lowest BCUT2D eigenvalue weighted by Crippen LogP contribution is -1.91. The molecule has 0 aliphatic carbocycles. The van der Waals surface area contributed by atoms with Gasteiger partial charge in [-0.05, 0) is 28.8 Å². The van der Waals surface area contributed by atoms with Crippen molar-refractivity contribution in [2.45, 2.75) is 0 Å². The van der Waals surface area contributed by atoms with Gasteiger partial charge in [-0.1, -0.05) is 4.73 Å². The highest BCUT2D eigenvalue weighted by Crippen LogP contribution is 2.44. The van der Waals surface area contributed by atoms with Crippen LogP contribution in [0.25, 0.3) is 0 Å². The number of hydrogen-bond acceptors (Lipinski definition) is 6. The van der Waals surface area contributed by atoms with Gasteiger partial charge in [0.05, 0.1) is 7.11 Å². The van der Waals surface area contributed by atoms with Crippen LogP contribution < -0.4 is 9.26 Å². The Balaban J connectivity index is 0.00000106. The predicted octanol–water partition coefficient (Wildman–Crippen LogP) is 2.11. The molecule has 88 valence electrons. The first kappa shape index (κ1) is 14.3. The van der Waals surface area contributed by atoms with Gasteiger partial charge in [-0.25, -0.2) is 4.57 Å². The van der Waals surface area contributed by atoms with Crippen LogP contribution in [0.2, 0.25) is 0 Å². The maximum atomic E-state index is 11.4. The van der Waals surface area contributed by atoms with Crippen molar-refractivity contribution in [3.05, 3.63) is 24.3 Å². The molecule has 1 N–H and O–H groups in total. The first-order chi connectivity index (χ1) is 7.57. The fourth-order valence-corrected chi connectivity index (χ4v) is 1.20. The lowest BCUT2D eigenvalue weighted by molar-refractivity contribution is -0.0363. The van der Waals surface area contributed by atoms with E-state index in [1.54, 1.807) is 0 Å². The quantitative estimate of drug-likeness (QED) is 0.642. The molecule has 16 heavy (non-hydrogen) atoms. The van der Waals surface area contributed by atoms with E-state index in [0.717, 1.165) is 0 Å². The summed E-state index contributed by atoms with van der Waals surface area (Å²) in [6, 6.07) is 5.68. The standard InChI is InChI=1S/C7H8FO5P.N2/c1-11-6-2-4-7(5-3-6)12-14(9,10)13-8;1-2/h2-5H,1H3,(H,9,10);. The molecule has 0 aromatic heterocycles. The molecule has 0 saturated carbocycles. The Kier molecular flexibility index (Phi) is 6.03. The molecule has 1 unspecified atom stereocenters. The SMILES string of the molecule is COc1ccc(OP(=O)(O)OF)cc1.N#N. The third-order valence-electron chi connectivity index (χ3n) is 1.37. The number of nitrogens with zero attached hydrogens (tertiary/aromatic N) is 2. The number of phosphoric ester groups is 1. The van der Waals surface area contributed by atoms with Crippen molar-refractivity contribution >= 4 is 7.82 Å². The highest BCUT2D eigenvalue weighted by Gasteiger charge is 2.23. The number of rotatable bonds is 4. The lowest BCUT2D eigenvalue weighted by Gasteiger charge is -2.07. The fraction of sp³-hybridized carbons (Fsp3) is 0.143. The minimum atomic E-state index is -4.63. The van der Waals surface area contributed by atoms with Gasteiger partial charge in [0.2, 0.25) is 0 Å². The summed E-state index contributed by atoms with van der Waals surface area (Å²) in [6.07, 6.45) is 0. The van der Waals surface area contributed by atoms with Crippen molar-refractivity contribution in [3.63, 3.8) is 0 Å². The Hall–Kier alpha value is -1.68. The van der Waals surface area contributed by atoms with Crippen LogP contribution in [0.5, 0.6) is 11.5 Å². The van der Waals surface area contributed by atoms with Gasteiger partial charge in [0.15, 0.2) is 0 Å². The number of benzene rings is 1. The van der Waals surface area contributed by atoms with Crippen molar-refractivity contribution in [1.82, 2.24) is 0 Å². The minimum Gasteiger partial charge on any atom is -0.497 e. The van der Waals surface area contributed by atoms with Gasteiger partial charge in [0.25, 0.3) is 0 Å². The molecular weight excluding hydrogens is 242 g/mol. The van der Waals surface area contributed by atoms with Gasteiger partial charge in [0.1, 0.15) is 11.5 Å². The van der Waals surface area contributed by atoms with Crippen molar-refractivity contribution < 1.29 is 28.0 Å². The van der Waals surface area contributed by atoms with Crippen LogP contribution in [0, 0.1) is 10.8 Å². The Morgan fingerprint density at radius 3 is 2.06 bits per heavy atom. The zero-order chi connectivity index (χ0) is 12.6. The molecule has 1 atom stereocenters. The van der Waals surface area contributed by atoms with Gasteiger partial charge in [-0.15, -0.1) is 0 Å². The van der Waals surface area contributed by atoms with Crippen LogP contribution in [-0.4, -0.2) is 12.0 Å². The van der Waals surface area contributed by atoms with E-state index in [-0.39, 0.29) is 5.75 Å². The predicted molar refractivity (Wildman–Crippen MR) is 49.1 cm³/mol. The summed E-state index contributed by atoms with van der Waals surface area (Å²) in [5, 5.41) is 12.0. The molecule has 0 amide bonds. The number of ether oxygens (including phenoxy) is 1. The third-order valence-corrected chi connectivity index (χ3v) is 1.98. The van der Waals surface area contributed by atoms with E-state index >= 15 is 0 Å². The zero-order valence-electron chi connectivity index (χ0n) is 8.11. The largest absolute Gasteiger partial charge is 0.559 e. The second-order valence-electron chi connectivity index (χ2n) is 2.30. The van der Waals surface area contributed by atoms with Gasteiger partial charge >= 0.3 is 7.82 Å². The first-order valence-electron chi connectivity index (χ1n) is 3.74. The molecule has 0 aliphatic heterocycles. The molecule has 1 aromatic rings. The maximum absolute atomic E-state index is 11.4. The zero-order valence-corrected chi connectivity index (χ0v) is 9.00. The molecule has 0 radical (unpaired) electrons. The van der Waals surface area contributed by atoms with E-state index in [0.29, 0.717) is 5.75 Å². The van der Waals surface area contributed by atoms with Crippen molar-refractivity contribution in [2.24, 2.45) is 0 Å². The van der Waals surface area contributed by atoms with Gasteiger partial charge in [0, 0.05) is 10.8 Å².